The van der Waals surface area contributed by atoms with Crippen LogP contribution in [-0.2, 0) is 0 Å². The molecule has 1 amide bonds. The van der Waals surface area contributed by atoms with Crippen molar-refractivity contribution in [1.82, 2.24) is 25.7 Å². The van der Waals surface area contributed by atoms with Crippen molar-refractivity contribution in [3.8, 4) is 11.3 Å². The molecule has 3 rings (SSSR count). The fourth-order valence-corrected chi connectivity index (χ4v) is 2.87. The van der Waals surface area contributed by atoms with E-state index in [4.69, 9.17) is 0 Å². The van der Waals surface area contributed by atoms with E-state index in [0.29, 0.717) is 16.8 Å². The van der Waals surface area contributed by atoms with E-state index in [2.05, 4.69) is 25.7 Å². The van der Waals surface area contributed by atoms with Gasteiger partial charge in [0.05, 0.1) is 29.2 Å². The molecule has 0 aliphatic carbocycles. The Morgan fingerprint density at radius 1 is 1.25 bits per heavy atom. The molecule has 0 saturated carbocycles. The molecule has 0 bridgehead atoms. The maximum atomic E-state index is 14.0. The van der Waals surface area contributed by atoms with Gasteiger partial charge in [-0.15, -0.1) is 0 Å². The fraction of sp³-hybridized carbons (Fsp3) is 0.235. The van der Waals surface area contributed by atoms with E-state index in [0.717, 1.165) is 17.0 Å². The molecule has 6 nitrogen and oxygen atoms in total. The first-order valence-corrected chi connectivity index (χ1v) is 7.59. The second-order valence-corrected chi connectivity index (χ2v) is 5.68. The SMILES string of the molecule is Cc1n[nH]c(C)c1C(C)NC(=O)c1cn[nH]c1-c1ccccc1F. The van der Waals surface area contributed by atoms with Gasteiger partial charge in [-0.05, 0) is 32.9 Å². The van der Waals surface area contributed by atoms with Crippen LogP contribution in [0.2, 0.25) is 0 Å². The van der Waals surface area contributed by atoms with E-state index in [1.807, 2.05) is 20.8 Å². The minimum Gasteiger partial charge on any atom is -0.345 e. The number of aromatic amines is 2. The van der Waals surface area contributed by atoms with Crippen molar-refractivity contribution in [2.24, 2.45) is 0 Å². The molecule has 2 heterocycles. The number of hydrogen-bond donors (Lipinski definition) is 3. The molecular weight excluding hydrogens is 309 g/mol. The second kappa shape index (κ2) is 6.27. The first kappa shape index (κ1) is 15.9. The number of carbonyl (C=O) groups excluding carboxylic acids is 1. The number of H-pyrrole nitrogens is 2. The predicted molar refractivity (Wildman–Crippen MR) is 87.9 cm³/mol. The number of benzene rings is 1. The van der Waals surface area contributed by atoms with Crippen LogP contribution in [0.1, 0.15) is 40.3 Å². The summed E-state index contributed by atoms with van der Waals surface area (Å²) in [4.78, 5) is 12.6. The molecule has 0 saturated heterocycles. The fourth-order valence-electron chi connectivity index (χ4n) is 2.87. The summed E-state index contributed by atoms with van der Waals surface area (Å²) in [6, 6.07) is 6.02. The van der Waals surface area contributed by atoms with Crippen LogP contribution in [-0.4, -0.2) is 26.3 Å². The van der Waals surface area contributed by atoms with Crippen LogP contribution in [0.25, 0.3) is 11.3 Å². The molecule has 3 N–H and O–H groups in total. The predicted octanol–water partition coefficient (Wildman–Crippen LogP) is 3.05. The van der Waals surface area contributed by atoms with Crippen LogP contribution in [0.3, 0.4) is 0 Å². The molecule has 1 aromatic carbocycles. The number of carbonyl (C=O) groups is 1. The van der Waals surface area contributed by atoms with Crippen molar-refractivity contribution in [2.75, 3.05) is 0 Å². The number of aromatic nitrogens is 4. The van der Waals surface area contributed by atoms with Crippen molar-refractivity contribution in [2.45, 2.75) is 26.8 Å². The number of nitrogens with zero attached hydrogens (tertiary/aromatic N) is 2. The molecule has 0 radical (unpaired) electrons. The number of aryl methyl sites for hydroxylation is 2. The quantitative estimate of drug-likeness (QED) is 0.688. The molecule has 124 valence electrons. The van der Waals surface area contributed by atoms with E-state index in [9.17, 15) is 9.18 Å². The molecule has 1 atom stereocenters. The van der Waals surface area contributed by atoms with Gasteiger partial charge in [-0.2, -0.15) is 10.2 Å². The molecule has 1 unspecified atom stereocenters. The zero-order valence-corrected chi connectivity index (χ0v) is 13.6. The van der Waals surface area contributed by atoms with Crippen LogP contribution in [0.4, 0.5) is 4.39 Å². The molecular formula is C17H18FN5O. The van der Waals surface area contributed by atoms with Crippen LogP contribution in [0, 0.1) is 19.7 Å². The highest BCUT2D eigenvalue weighted by Crippen LogP contribution is 2.25. The Morgan fingerprint density at radius 3 is 2.67 bits per heavy atom. The Kier molecular flexibility index (Phi) is 4.16. The molecule has 0 aliphatic rings. The minimum atomic E-state index is -0.412. The molecule has 24 heavy (non-hydrogen) atoms. The van der Waals surface area contributed by atoms with Gasteiger partial charge in [0.25, 0.3) is 5.91 Å². The van der Waals surface area contributed by atoms with E-state index >= 15 is 0 Å². The Balaban J connectivity index is 1.87. The van der Waals surface area contributed by atoms with Crippen molar-refractivity contribution >= 4 is 5.91 Å². The second-order valence-electron chi connectivity index (χ2n) is 5.68. The lowest BCUT2D eigenvalue weighted by Crippen LogP contribution is -2.27. The van der Waals surface area contributed by atoms with E-state index in [1.165, 1.54) is 12.3 Å². The summed E-state index contributed by atoms with van der Waals surface area (Å²) in [5, 5.41) is 16.6. The van der Waals surface area contributed by atoms with Crippen LogP contribution in [0.5, 0.6) is 0 Å². The summed E-state index contributed by atoms with van der Waals surface area (Å²) in [6.45, 7) is 5.66. The standard InChI is InChI=1S/C17H18FN5O/c1-9(15-10(2)21-22-11(15)3)20-17(24)13-8-19-23-16(13)12-6-4-5-7-14(12)18/h4-9H,1-3H3,(H,19,23)(H,20,24)(H,21,22). The Hall–Kier alpha value is -2.96. The molecule has 0 fully saturated rings. The van der Waals surface area contributed by atoms with Gasteiger partial charge in [0.15, 0.2) is 0 Å². The van der Waals surface area contributed by atoms with Gasteiger partial charge in [-0.3, -0.25) is 15.0 Å². The van der Waals surface area contributed by atoms with E-state index in [-0.39, 0.29) is 11.9 Å². The third-order valence-corrected chi connectivity index (χ3v) is 3.99. The number of rotatable bonds is 4. The van der Waals surface area contributed by atoms with Gasteiger partial charge in [-0.1, -0.05) is 12.1 Å². The summed E-state index contributed by atoms with van der Waals surface area (Å²) >= 11 is 0. The smallest absolute Gasteiger partial charge is 0.255 e. The van der Waals surface area contributed by atoms with E-state index < -0.39 is 5.82 Å². The summed E-state index contributed by atoms with van der Waals surface area (Å²) in [5.41, 5.74) is 3.65. The van der Waals surface area contributed by atoms with Crippen molar-refractivity contribution in [1.29, 1.82) is 0 Å². The highest BCUT2D eigenvalue weighted by Gasteiger charge is 2.21. The highest BCUT2D eigenvalue weighted by atomic mass is 19.1. The lowest BCUT2D eigenvalue weighted by atomic mass is 10.0. The molecule has 0 spiro atoms. The van der Waals surface area contributed by atoms with Crippen molar-refractivity contribution < 1.29 is 9.18 Å². The van der Waals surface area contributed by atoms with Gasteiger partial charge < -0.3 is 5.32 Å². The lowest BCUT2D eigenvalue weighted by Gasteiger charge is -2.14. The van der Waals surface area contributed by atoms with Crippen LogP contribution < -0.4 is 5.32 Å². The van der Waals surface area contributed by atoms with Gasteiger partial charge in [0, 0.05) is 16.8 Å². The molecule has 0 aliphatic heterocycles. The summed E-state index contributed by atoms with van der Waals surface area (Å²) in [6.07, 6.45) is 1.40. The van der Waals surface area contributed by atoms with Crippen molar-refractivity contribution in [3.05, 3.63) is 58.8 Å². The Labute approximate surface area is 138 Å². The highest BCUT2D eigenvalue weighted by molar-refractivity contribution is 6.00. The maximum absolute atomic E-state index is 14.0. The first-order valence-electron chi connectivity index (χ1n) is 7.59. The average molecular weight is 327 g/mol. The number of nitrogens with one attached hydrogen (secondary N) is 3. The zero-order valence-electron chi connectivity index (χ0n) is 13.6. The van der Waals surface area contributed by atoms with E-state index in [1.54, 1.807) is 18.2 Å². The zero-order chi connectivity index (χ0) is 17.3. The van der Waals surface area contributed by atoms with Gasteiger partial charge >= 0.3 is 0 Å². The third-order valence-electron chi connectivity index (χ3n) is 3.99. The Morgan fingerprint density at radius 2 is 2.00 bits per heavy atom. The van der Waals surface area contributed by atoms with Gasteiger partial charge in [-0.25, -0.2) is 4.39 Å². The molecule has 2 aromatic heterocycles. The summed E-state index contributed by atoms with van der Waals surface area (Å²) < 4.78 is 14.0. The normalized spacial score (nSPS) is 12.2. The topological polar surface area (TPSA) is 86.5 Å². The summed E-state index contributed by atoms with van der Waals surface area (Å²) in [5.74, 6) is -0.736. The average Bonchev–Trinajstić information content (AvgIpc) is 3.14. The molecule has 7 heteroatoms. The van der Waals surface area contributed by atoms with Crippen molar-refractivity contribution in [3.63, 3.8) is 0 Å². The van der Waals surface area contributed by atoms with Crippen LogP contribution in [0.15, 0.2) is 30.5 Å². The molecule has 3 aromatic rings. The third kappa shape index (κ3) is 2.80. The van der Waals surface area contributed by atoms with Gasteiger partial charge in [0.2, 0.25) is 0 Å². The monoisotopic (exact) mass is 327 g/mol. The lowest BCUT2D eigenvalue weighted by molar-refractivity contribution is 0.0940. The number of hydrogen-bond acceptors (Lipinski definition) is 3. The minimum absolute atomic E-state index is 0.236. The largest absolute Gasteiger partial charge is 0.345 e. The van der Waals surface area contributed by atoms with Crippen LogP contribution >= 0.6 is 0 Å². The summed E-state index contributed by atoms with van der Waals surface area (Å²) in [7, 11) is 0. The number of amides is 1. The van der Waals surface area contributed by atoms with Gasteiger partial charge in [0.1, 0.15) is 5.82 Å². The first-order chi connectivity index (χ1) is 11.5. The Bertz CT molecular complexity index is 863. The maximum Gasteiger partial charge on any atom is 0.255 e. The number of halogens is 1.